The standard InChI is InChI=1S/C29H29N5O3/c1-19-15-23-24(16-20(19)2)34(27-26(30-23)28(36)32-29(37)31-27)14-13-33(17-21-9-5-3-6-10-21)18-25(35)22-11-7-4-8-12-22/h3-12,15-16,25,35H,13-14,17-18H2,1-2H3,(H,32,36,37)/t25-/m1/s1. The average molecular weight is 496 g/mol. The molecule has 8 heteroatoms. The molecule has 0 amide bonds. The molecule has 0 unspecified atom stereocenters. The van der Waals surface area contributed by atoms with Gasteiger partial charge in [0.1, 0.15) is 0 Å². The van der Waals surface area contributed by atoms with Gasteiger partial charge >= 0.3 is 5.69 Å². The number of H-pyrrole nitrogens is 1. The summed E-state index contributed by atoms with van der Waals surface area (Å²) in [7, 11) is 0. The highest BCUT2D eigenvalue weighted by atomic mass is 16.3. The summed E-state index contributed by atoms with van der Waals surface area (Å²) >= 11 is 0. The number of hydrogen-bond donors (Lipinski definition) is 2. The number of aromatic amines is 1. The molecule has 0 spiro atoms. The third-order valence-electron chi connectivity index (χ3n) is 6.73. The molecule has 0 bridgehead atoms. The molecule has 3 aromatic rings. The van der Waals surface area contributed by atoms with Gasteiger partial charge in [0, 0.05) is 26.2 Å². The van der Waals surface area contributed by atoms with Gasteiger partial charge in [-0.3, -0.25) is 14.7 Å². The molecule has 0 fully saturated rings. The van der Waals surface area contributed by atoms with E-state index in [1.54, 1.807) is 0 Å². The number of nitrogens with one attached hydrogen (secondary N) is 1. The summed E-state index contributed by atoms with van der Waals surface area (Å²) in [5.41, 5.74) is 4.47. The number of fused-ring (bicyclic) bond motifs is 2. The van der Waals surface area contributed by atoms with Crippen molar-refractivity contribution < 1.29 is 5.11 Å². The number of benzene rings is 3. The van der Waals surface area contributed by atoms with E-state index in [9.17, 15) is 14.7 Å². The molecule has 3 aromatic carbocycles. The zero-order valence-electron chi connectivity index (χ0n) is 20.9. The third kappa shape index (κ3) is 5.35. The van der Waals surface area contributed by atoms with Crippen molar-refractivity contribution in [2.75, 3.05) is 13.1 Å². The van der Waals surface area contributed by atoms with Gasteiger partial charge in [0.15, 0.2) is 11.5 Å². The van der Waals surface area contributed by atoms with E-state index in [0.29, 0.717) is 31.7 Å². The first kappa shape index (κ1) is 24.5. The number of nitrogens with zero attached hydrogens (tertiary/aromatic N) is 4. The molecule has 37 heavy (non-hydrogen) atoms. The van der Waals surface area contributed by atoms with Crippen molar-refractivity contribution in [2.24, 2.45) is 0 Å². The van der Waals surface area contributed by atoms with Gasteiger partial charge in [-0.05, 0) is 48.2 Å². The van der Waals surface area contributed by atoms with E-state index in [0.717, 1.165) is 27.8 Å². The molecule has 0 aliphatic carbocycles. The number of aryl methyl sites for hydroxylation is 2. The van der Waals surface area contributed by atoms with Gasteiger partial charge < -0.3 is 9.67 Å². The molecule has 2 N–H and O–H groups in total. The van der Waals surface area contributed by atoms with Gasteiger partial charge in [0.05, 0.1) is 17.1 Å². The molecular formula is C29H29N5O3. The van der Waals surface area contributed by atoms with Gasteiger partial charge in [0.25, 0.3) is 5.56 Å². The molecule has 2 aliphatic heterocycles. The second-order valence-corrected chi connectivity index (χ2v) is 9.38. The molecule has 8 nitrogen and oxygen atoms in total. The summed E-state index contributed by atoms with van der Waals surface area (Å²) in [4.78, 5) is 37.8. The predicted octanol–water partition coefficient (Wildman–Crippen LogP) is 3.44. The van der Waals surface area contributed by atoms with E-state index in [1.165, 1.54) is 0 Å². The van der Waals surface area contributed by atoms with Crippen LogP contribution in [0.5, 0.6) is 0 Å². The van der Waals surface area contributed by atoms with Crippen LogP contribution in [0.4, 0.5) is 0 Å². The molecule has 0 saturated heterocycles. The van der Waals surface area contributed by atoms with Crippen molar-refractivity contribution in [3.8, 4) is 11.5 Å². The summed E-state index contributed by atoms with van der Waals surface area (Å²) in [6.07, 6.45) is -0.667. The first-order chi connectivity index (χ1) is 17.9. The Morgan fingerprint density at radius 3 is 2.35 bits per heavy atom. The van der Waals surface area contributed by atoms with E-state index < -0.39 is 17.4 Å². The average Bonchev–Trinajstić information content (AvgIpc) is 2.89. The quantitative estimate of drug-likeness (QED) is 0.320. The van der Waals surface area contributed by atoms with Crippen LogP contribution >= 0.6 is 0 Å². The highest BCUT2D eigenvalue weighted by Gasteiger charge is 2.21. The number of hydrogen-bond acceptors (Lipinski definition) is 6. The van der Waals surface area contributed by atoms with Crippen LogP contribution < -0.4 is 11.2 Å². The Morgan fingerprint density at radius 1 is 0.946 bits per heavy atom. The maximum atomic E-state index is 12.6. The first-order valence-corrected chi connectivity index (χ1v) is 12.3. The van der Waals surface area contributed by atoms with Crippen molar-refractivity contribution in [3.63, 3.8) is 0 Å². The van der Waals surface area contributed by atoms with E-state index in [-0.39, 0.29) is 11.5 Å². The fourth-order valence-electron chi connectivity index (χ4n) is 4.62. The molecule has 2 aliphatic rings. The summed E-state index contributed by atoms with van der Waals surface area (Å²) in [6.45, 7) is 6.06. The predicted molar refractivity (Wildman–Crippen MR) is 144 cm³/mol. The second kappa shape index (κ2) is 10.5. The molecule has 0 radical (unpaired) electrons. The molecule has 1 atom stereocenters. The normalized spacial score (nSPS) is 12.4. The highest BCUT2D eigenvalue weighted by Crippen LogP contribution is 2.24. The Morgan fingerprint density at radius 2 is 1.62 bits per heavy atom. The number of aliphatic hydroxyl groups is 1. The van der Waals surface area contributed by atoms with E-state index in [2.05, 4.69) is 32.0 Å². The molecular weight excluding hydrogens is 466 g/mol. The summed E-state index contributed by atoms with van der Waals surface area (Å²) < 4.78 is 1.90. The van der Waals surface area contributed by atoms with Crippen LogP contribution in [-0.4, -0.2) is 42.6 Å². The van der Waals surface area contributed by atoms with Crippen LogP contribution in [0.25, 0.3) is 22.6 Å². The SMILES string of the molecule is Cc1cc2nc3c(=O)[nH]c(=O)nc-3n(CCN(Cc3ccccc3)C[C@@H](O)c3ccccc3)c2cc1C. The van der Waals surface area contributed by atoms with Crippen molar-refractivity contribution >= 4 is 11.0 Å². The van der Waals surface area contributed by atoms with Gasteiger partial charge in [-0.15, -0.1) is 0 Å². The molecule has 0 saturated carbocycles. The Balaban J connectivity index is 1.53. The lowest BCUT2D eigenvalue weighted by Gasteiger charge is -2.27. The number of aliphatic hydroxyl groups excluding tert-OH is 1. The van der Waals surface area contributed by atoms with Crippen LogP contribution in [0.3, 0.4) is 0 Å². The van der Waals surface area contributed by atoms with Crippen LogP contribution in [0, 0.1) is 13.8 Å². The van der Waals surface area contributed by atoms with Crippen LogP contribution in [0.2, 0.25) is 0 Å². The Bertz CT molecular complexity index is 1610. The maximum absolute atomic E-state index is 12.6. The maximum Gasteiger partial charge on any atom is 0.349 e. The van der Waals surface area contributed by atoms with Crippen molar-refractivity contribution in [2.45, 2.75) is 33.0 Å². The van der Waals surface area contributed by atoms with E-state index in [4.69, 9.17) is 0 Å². The van der Waals surface area contributed by atoms with Crippen molar-refractivity contribution in [1.29, 1.82) is 0 Å². The fraction of sp³-hybridized carbons (Fsp3) is 0.241. The summed E-state index contributed by atoms with van der Waals surface area (Å²) in [5, 5.41) is 11.0. The lowest BCUT2D eigenvalue weighted by Crippen LogP contribution is -2.33. The van der Waals surface area contributed by atoms with Gasteiger partial charge in [-0.25, -0.2) is 9.78 Å². The Hall–Kier alpha value is -4.14. The third-order valence-corrected chi connectivity index (χ3v) is 6.73. The minimum atomic E-state index is -0.697. The topological polar surface area (TPSA) is 104 Å². The minimum Gasteiger partial charge on any atom is -0.387 e. The lowest BCUT2D eigenvalue weighted by molar-refractivity contribution is 0.107. The van der Waals surface area contributed by atoms with Gasteiger partial charge in [0.2, 0.25) is 0 Å². The monoisotopic (exact) mass is 495 g/mol. The van der Waals surface area contributed by atoms with Crippen LogP contribution in [-0.2, 0) is 13.1 Å². The van der Waals surface area contributed by atoms with Crippen LogP contribution in [0.15, 0.2) is 82.4 Å². The molecule has 2 heterocycles. The summed E-state index contributed by atoms with van der Waals surface area (Å²) in [6, 6.07) is 23.7. The Labute approximate surface area is 214 Å². The zero-order valence-corrected chi connectivity index (χ0v) is 20.9. The highest BCUT2D eigenvalue weighted by molar-refractivity contribution is 5.81. The van der Waals surface area contributed by atoms with Crippen molar-refractivity contribution in [3.05, 3.63) is 116 Å². The second-order valence-electron chi connectivity index (χ2n) is 9.38. The lowest BCUT2D eigenvalue weighted by atomic mass is 10.1. The minimum absolute atomic E-state index is 0.134. The number of aromatic nitrogens is 4. The van der Waals surface area contributed by atoms with Gasteiger partial charge in [-0.2, -0.15) is 4.98 Å². The first-order valence-electron chi connectivity index (χ1n) is 12.3. The van der Waals surface area contributed by atoms with E-state index >= 15 is 0 Å². The summed E-state index contributed by atoms with van der Waals surface area (Å²) in [5.74, 6) is 0.257. The fourth-order valence-corrected chi connectivity index (χ4v) is 4.62. The smallest absolute Gasteiger partial charge is 0.349 e. The molecule has 0 aromatic heterocycles. The van der Waals surface area contributed by atoms with E-state index in [1.807, 2.05) is 79.1 Å². The zero-order chi connectivity index (χ0) is 25.9. The largest absolute Gasteiger partial charge is 0.387 e. The van der Waals surface area contributed by atoms with Crippen LogP contribution in [0.1, 0.15) is 28.4 Å². The number of rotatable bonds is 8. The Kier molecular flexibility index (Phi) is 6.94. The molecule has 5 rings (SSSR count). The van der Waals surface area contributed by atoms with Gasteiger partial charge in [-0.1, -0.05) is 60.7 Å². The van der Waals surface area contributed by atoms with Crippen molar-refractivity contribution in [1.82, 2.24) is 24.4 Å². The molecule has 188 valence electrons.